The van der Waals surface area contributed by atoms with Crippen LogP contribution in [0.4, 0.5) is 0 Å². The summed E-state index contributed by atoms with van der Waals surface area (Å²) in [7, 11) is 0. The maximum Gasteiger partial charge on any atom is 0.150 e. The van der Waals surface area contributed by atoms with Crippen LogP contribution in [0, 0.1) is 19.3 Å². The summed E-state index contributed by atoms with van der Waals surface area (Å²) in [6.07, 6.45) is 4.23. The second-order valence-corrected chi connectivity index (χ2v) is 2.76. The summed E-state index contributed by atoms with van der Waals surface area (Å²) in [5.74, 6) is 2.23. The largest absolute Gasteiger partial charge is 0.375 e. The van der Waals surface area contributed by atoms with Crippen LogP contribution >= 0.6 is 11.3 Å². The van der Waals surface area contributed by atoms with Gasteiger partial charge in [-0.3, -0.25) is 0 Å². The zero-order chi connectivity index (χ0) is 7.56. The number of thiazole rings is 1. The van der Waals surface area contributed by atoms with Gasteiger partial charge in [0.15, 0.2) is 6.10 Å². The van der Waals surface area contributed by atoms with Crippen molar-refractivity contribution < 1.29 is 5.11 Å². The molecule has 0 fully saturated rings. The number of terminal acetylenes is 1. The van der Waals surface area contributed by atoms with Gasteiger partial charge in [0.25, 0.3) is 0 Å². The van der Waals surface area contributed by atoms with Crippen molar-refractivity contribution in [1.82, 2.24) is 4.98 Å². The Morgan fingerprint density at radius 1 is 1.90 bits per heavy atom. The molecular formula is C7H7NOS. The van der Waals surface area contributed by atoms with E-state index in [2.05, 4.69) is 10.9 Å². The third-order valence-electron chi connectivity index (χ3n) is 1.19. The van der Waals surface area contributed by atoms with Crippen molar-refractivity contribution in [3.05, 3.63) is 16.1 Å². The molecule has 1 aromatic heterocycles. The fourth-order valence-corrected chi connectivity index (χ4v) is 1.39. The Morgan fingerprint density at radius 3 is 3.00 bits per heavy atom. The second-order valence-electron chi connectivity index (χ2n) is 1.87. The van der Waals surface area contributed by atoms with Crippen LogP contribution in [0.15, 0.2) is 5.51 Å². The highest BCUT2D eigenvalue weighted by molar-refractivity contribution is 7.09. The van der Waals surface area contributed by atoms with Crippen LogP contribution in [0.1, 0.15) is 16.7 Å². The summed E-state index contributed by atoms with van der Waals surface area (Å²) in [6, 6.07) is 0. The van der Waals surface area contributed by atoms with Gasteiger partial charge in [-0.15, -0.1) is 17.8 Å². The Morgan fingerprint density at radius 2 is 2.60 bits per heavy atom. The molecule has 1 unspecified atom stereocenters. The van der Waals surface area contributed by atoms with E-state index in [4.69, 9.17) is 11.5 Å². The van der Waals surface area contributed by atoms with Crippen molar-refractivity contribution in [1.29, 1.82) is 0 Å². The van der Waals surface area contributed by atoms with Gasteiger partial charge in [-0.1, -0.05) is 5.92 Å². The lowest BCUT2D eigenvalue weighted by Gasteiger charge is -1.97. The third-order valence-corrected chi connectivity index (χ3v) is 2.17. The molecule has 0 spiro atoms. The molecule has 0 saturated carbocycles. The molecule has 1 heterocycles. The van der Waals surface area contributed by atoms with Gasteiger partial charge in [-0.2, -0.15) is 0 Å². The maximum absolute atomic E-state index is 9.13. The minimum absolute atomic E-state index is 0.766. The molecular weight excluding hydrogens is 146 g/mol. The zero-order valence-corrected chi connectivity index (χ0v) is 6.35. The molecule has 10 heavy (non-hydrogen) atoms. The SMILES string of the molecule is C#CC(O)c1scnc1C. The monoisotopic (exact) mass is 153 g/mol. The van der Waals surface area contributed by atoms with E-state index >= 15 is 0 Å². The Hall–Kier alpha value is -0.850. The third kappa shape index (κ3) is 1.18. The van der Waals surface area contributed by atoms with Gasteiger partial charge in [0, 0.05) is 0 Å². The smallest absolute Gasteiger partial charge is 0.150 e. The first kappa shape index (κ1) is 7.26. The first-order chi connectivity index (χ1) is 4.75. The van der Waals surface area contributed by atoms with E-state index in [0.717, 1.165) is 10.6 Å². The molecule has 1 atom stereocenters. The minimum atomic E-state index is -0.785. The highest BCUT2D eigenvalue weighted by Gasteiger charge is 2.08. The first-order valence-corrected chi connectivity index (χ1v) is 3.68. The van der Waals surface area contributed by atoms with Crippen molar-refractivity contribution in [3.63, 3.8) is 0 Å². The van der Waals surface area contributed by atoms with Gasteiger partial charge >= 0.3 is 0 Å². The Bertz CT molecular complexity index is 261. The Labute approximate surface area is 63.5 Å². The molecule has 1 rings (SSSR count). The summed E-state index contributed by atoms with van der Waals surface area (Å²) in [6.45, 7) is 1.83. The lowest BCUT2D eigenvalue weighted by molar-refractivity contribution is 0.241. The van der Waals surface area contributed by atoms with Crippen LogP contribution in [-0.4, -0.2) is 10.1 Å². The molecule has 0 bridgehead atoms. The van der Waals surface area contributed by atoms with E-state index in [-0.39, 0.29) is 0 Å². The van der Waals surface area contributed by atoms with E-state index in [9.17, 15) is 0 Å². The van der Waals surface area contributed by atoms with Crippen molar-refractivity contribution in [2.45, 2.75) is 13.0 Å². The molecule has 0 aliphatic carbocycles. The van der Waals surface area contributed by atoms with Crippen molar-refractivity contribution >= 4 is 11.3 Å². The average Bonchev–Trinajstić information content (AvgIpc) is 2.34. The standard InChI is InChI=1S/C7H7NOS/c1-3-6(9)7-5(2)8-4-10-7/h1,4,6,9H,2H3. The van der Waals surface area contributed by atoms with Crippen LogP contribution in [0.25, 0.3) is 0 Å². The molecule has 0 aromatic carbocycles. The maximum atomic E-state index is 9.13. The van der Waals surface area contributed by atoms with Gasteiger partial charge in [0.2, 0.25) is 0 Å². The second kappa shape index (κ2) is 2.82. The molecule has 0 aliphatic heterocycles. The highest BCUT2D eigenvalue weighted by Crippen LogP contribution is 2.19. The predicted molar refractivity (Wildman–Crippen MR) is 40.6 cm³/mol. The van der Waals surface area contributed by atoms with E-state index < -0.39 is 6.10 Å². The minimum Gasteiger partial charge on any atom is -0.375 e. The topological polar surface area (TPSA) is 33.1 Å². The fourth-order valence-electron chi connectivity index (χ4n) is 0.649. The summed E-state index contributed by atoms with van der Waals surface area (Å²) < 4.78 is 0. The quantitative estimate of drug-likeness (QED) is 0.613. The molecule has 3 heteroatoms. The zero-order valence-electron chi connectivity index (χ0n) is 5.53. The number of hydrogen-bond donors (Lipinski definition) is 1. The first-order valence-electron chi connectivity index (χ1n) is 2.80. The fraction of sp³-hybridized carbons (Fsp3) is 0.286. The summed E-state index contributed by atoms with van der Waals surface area (Å²) >= 11 is 1.38. The van der Waals surface area contributed by atoms with Crippen LogP contribution in [-0.2, 0) is 0 Å². The van der Waals surface area contributed by atoms with Crippen molar-refractivity contribution in [2.75, 3.05) is 0 Å². The molecule has 0 aliphatic rings. The molecule has 0 amide bonds. The number of rotatable bonds is 1. The van der Waals surface area contributed by atoms with Gasteiger partial charge in [0.1, 0.15) is 0 Å². The van der Waals surface area contributed by atoms with Crippen LogP contribution < -0.4 is 0 Å². The van der Waals surface area contributed by atoms with E-state index in [1.807, 2.05) is 6.92 Å². The van der Waals surface area contributed by atoms with Gasteiger partial charge < -0.3 is 5.11 Å². The normalized spacial score (nSPS) is 12.5. The molecule has 0 radical (unpaired) electrons. The van der Waals surface area contributed by atoms with E-state index in [1.165, 1.54) is 11.3 Å². The Kier molecular flexibility index (Phi) is 2.05. The lowest BCUT2D eigenvalue weighted by atomic mass is 10.3. The summed E-state index contributed by atoms with van der Waals surface area (Å²) in [5.41, 5.74) is 2.49. The van der Waals surface area contributed by atoms with E-state index in [0.29, 0.717) is 0 Å². The number of aliphatic hydroxyl groups excluding tert-OH is 1. The number of hydrogen-bond acceptors (Lipinski definition) is 3. The van der Waals surface area contributed by atoms with Gasteiger partial charge in [-0.25, -0.2) is 4.98 Å². The number of aromatic nitrogens is 1. The van der Waals surface area contributed by atoms with Crippen molar-refractivity contribution in [2.24, 2.45) is 0 Å². The molecule has 52 valence electrons. The lowest BCUT2D eigenvalue weighted by Crippen LogP contribution is -1.91. The number of aliphatic hydroxyl groups is 1. The van der Waals surface area contributed by atoms with Crippen LogP contribution in [0.5, 0.6) is 0 Å². The van der Waals surface area contributed by atoms with Crippen molar-refractivity contribution in [3.8, 4) is 12.3 Å². The summed E-state index contributed by atoms with van der Waals surface area (Å²) in [5, 5.41) is 9.13. The molecule has 2 nitrogen and oxygen atoms in total. The molecule has 1 aromatic rings. The predicted octanol–water partition coefficient (Wildman–Crippen LogP) is 1.12. The van der Waals surface area contributed by atoms with E-state index in [1.54, 1.807) is 5.51 Å². The number of aryl methyl sites for hydroxylation is 1. The average molecular weight is 153 g/mol. The summed E-state index contributed by atoms with van der Waals surface area (Å²) in [4.78, 5) is 4.71. The molecule has 1 N–H and O–H groups in total. The van der Waals surface area contributed by atoms with Gasteiger partial charge in [0.05, 0.1) is 16.1 Å². The van der Waals surface area contributed by atoms with Gasteiger partial charge in [-0.05, 0) is 6.92 Å². The highest BCUT2D eigenvalue weighted by atomic mass is 32.1. The number of nitrogens with zero attached hydrogens (tertiary/aromatic N) is 1. The van der Waals surface area contributed by atoms with Crippen LogP contribution in [0.3, 0.4) is 0 Å². The Balaban J connectivity index is 2.96. The molecule has 0 saturated heterocycles. The van der Waals surface area contributed by atoms with Crippen LogP contribution in [0.2, 0.25) is 0 Å².